The van der Waals surface area contributed by atoms with E-state index in [2.05, 4.69) is 10.3 Å². The van der Waals surface area contributed by atoms with Gasteiger partial charge in [0.25, 0.3) is 5.91 Å². The van der Waals surface area contributed by atoms with E-state index < -0.39 is 6.04 Å². The number of nitrogens with one attached hydrogen (secondary N) is 1. The van der Waals surface area contributed by atoms with Crippen LogP contribution in [-0.4, -0.2) is 53.6 Å². The van der Waals surface area contributed by atoms with Crippen molar-refractivity contribution >= 4 is 40.6 Å². The van der Waals surface area contributed by atoms with Crippen molar-refractivity contribution < 1.29 is 19.1 Å². The van der Waals surface area contributed by atoms with Gasteiger partial charge in [-0.1, -0.05) is 6.07 Å². The van der Waals surface area contributed by atoms with Crippen LogP contribution in [0.2, 0.25) is 0 Å². The van der Waals surface area contributed by atoms with Crippen molar-refractivity contribution in [1.82, 2.24) is 9.88 Å². The number of hydrogen-bond donors (Lipinski definition) is 1. The minimum absolute atomic E-state index is 0.174. The number of rotatable bonds is 6. The van der Waals surface area contributed by atoms with Crippen LogP contribution in [0.4, 0.5) is 5.69 Å². The summed E-state index contributed by atoms with van der Waals surface area (Å²) in [5, 5.41) is 3.69. The Hall–Kier alpha value is -3.04. The van der Waals surface area contributed by atoms with Crippen molar-refractivity contribution in [3.8, 4) is 22.1 Å². The van der Waals surface area contributed by atoms with Crippen molar-refractivity contribution in [2.75, 3.05) is 31.2 Å². The number of benzene rings is 2. The van der Waals surface area contributed by atoms with Gasteiger partial charge >= 0.3 is 0 Å². The summed E-state index contributed by atoms with van der Waals surface area (Å²) in [6, 6.07) is 10.8. The number of thiazole rings is 1. The molecule has 0 aliphatic carbocycles. The quantitative estimate of drug-likeness (QED) is 0.521. The molecule has 0 spiro atoms. The number of aryl methyl sites for hydroxylation is 3. The summed E-state index contributed by atoms with van der Waals surface area (Å²) >= 11 is 2.90. The highest BCUT2D eigenvalue weighted by atomic mass is 32.2. The smallest absolute Gasteiger partial charge is 0.267 e. The number of ether oxygens (including phenoxy) is 2. The molecule has 1 atom stereocenters. The average Bonchev–Trinajstić information content (AvgIpc) is 3.47. The molecule has 1 aliphatic rings. The van der Waals surface area contributed by atoms with Gasteiger partial charge in [0.05, 0.1) is 25.8 Å². The van der Waals surface area contributed by atoms with E-state index in [1.165, 1.54) is 11.3 Å². The van der Waals surface area contributed by atoms with Crippen LogP contribution in [0.5, 0.6) is 11.5 Å². The molecule has 1 N–H and O–H groups in total. The summed E-state index contributed by atoms with van der Waals surface area (Å²) < 4.78 is 10.7. The van der Waals surface area contributed by atoms with Gasteiger partial charge in [-0.15, -0.1) is 23.1 Å². The maximum Gasteiger partial charge on any atom is 0.267 e. The van der Waals surface area contributed by atoms with Gasteiger partial charge in [-0.05, 0) is 62.2 Å². The number of hydrogen-bond acceptors (Lipinski definition) is 7. The predicted molar refractivity (Wildman–Crippen MR) is 137 cm³/mol. The van der Waals surface area contributed by atoms with Gasteiger partial charge in [0, 0.05) is 17.0 Å². The molecular weight excluding hydrogens is 470 g/mol. The molecule has 1 aromatic heterocycles. The van der Waals surface area contributed by atoms with Gasteiger partial charge in [0.15, 0.2) is 11.5 Å². The lowest BCUT2D eigenvalue weighted by atomic mass is 10.1. The Morgan fingerprint density at radius 3 is 2.50 bits per heavy atom. The molecule has 1 saturated heterocycles. The molecule has 9 heteroatoms. The van der Waals surface area contributed by atoms with Gasteiger partial charge in [-0.2, -0.15) is 0 Å². The first kappa shape index (κ1) is 24.1. The Morgan fingerprint density at radius 2 is 1.79 bits per heavy atom. The Bertz CT molecular complexity index is 1240. The van der Waals surface area contributed by atoms with Gasteiger partial charge in [-0.25, -0.2) is 4.98 Å². The molecule has 0 bridgehead atoms. The van der Waals surface area contributed by atoms with Crippen LogP contribution in [0.3, 0.4) is 0 Å². The molecule has 1 aliphatic heterocycles. The normalized spacial score (nSPS) is 15.3. The van der Waals surface area contributed by atoms with Crippen LogP contribution in [0.15, 0.2) is 36.4 Å². The standard InChI is InChI=1S/C25H27N3O4S2/c1-14-6-8-18(10-15(14)2)27-23(29)19-12-33-13-28(19)25(30)22-16(3)26-24(34-22)17-7-9-20(31-4)21(11-17)32-5/h6-11,19H,12-13H2,1-5H3,(H,27,29). The van der Waals surface area contributed by atoms with E-state index in [1.54, 1.807) is 30.9 Å². The average molecular weight is 498 g/mol. The highest BCUT2D eigenvalue weighted by Crippen LogP contribution is 2.36. The fourth-order valence-electron chi connectivity index (χ4n) is 3.72. The third kappa shape index (κ3) is 4.76. The number of amides is 2. The van der Waals surface area contributed by atoms with E-state index in [4.69, 9.17) is 9.47 Å². The highest BCUT2D eigenvalue weighted by Gasteiger charge is 2.36. The lowest BCUT2D eigenvalue weighted by Crippen LogP contribution is -2.44. The number of methoxy groups -OCH3 is 2. The van der Waals surface area contributed by atoms with Crippen LogP contribution < -0.4 is 14.8 Å². The summed E-state index contributed by atoms with van der Waals surface area (Å²) in [6.07, 6.45) is 0. The number of anilines is 1. The van der Waals surface area contributed by atoms with E-state index in [9.17, 15) is 9.59 Å². The van der Waals surface area contributed by atoms with E-state index in [0.717, 1.165) is 22.4 Å². The summed E-state index contributed by atoms with van der Waals surface area (Å²) in [5.41, 5.74) is 4.49. The van der Waals surface area contributed by atoms with Crippen molar-refractivity contribution in [2.45, 2.75) is 26.8 Å². The summed E-state index contributed by atoms with van der Waals surface area (Å²) in [7, 11) is 3.17. The van der Waals surface area contributed by atoms with Gasteiger partial charge in [0.2, 0.25) is 5.91 Å². The first-order valence-electron chi connectivity index (χ1n) is 10.8. The molecule has 1 unspecified atom stereocenters. The van der Waals surface area contributed by atoms with Gasteiger partial charge in [0.1, 0.15) is 15.9 Å². The van der Waals surface area contributed by atoms with Gasteiger partial charge < -0.3 is 19.7 Å². The third-order valence-electron chi connectivity index (χ3n) is 5.84. The number of nitrogens with zero attached hydrogens (tertiary/aromatic N) is 2. The molecule has 1 fully saturated rings. The second-order valence-corrected chi connectivity index (χ2v) is 10.1. The van der Waals surface area contributed by atoms with Crippen LogP contribution >= 0.6 is 23.1 Å². The second kappa shape index (κ2) is 10.1. The first-order chi connectivity index (χ1) is 16.3. The number of carbonyl (C=O) groups excluding carboxylic acids is 2. The summed E-state index contributed by atoms with van der Waals surface area (Å²) in [6.45, 7) is 5.86. The zero-order valence-electron chi connectivity index (χ0n) is 19.8. The lowest BCUT2D eigenvalue weighted by molar-refractivity contribution is -0.119. The number of carbonyl (C=O) groups is 2. The SMILES string of the molecule is COc1ccc(-c2nc(C)c(C(=O)N3CSCC3C(=O)Nc3ccc(C)c(C)c3)s2)cc1OC. The zero-order chi connectivity index (χ0) is 24.4. The Balaban J connectivity index is 1.54. The second-order valence-electron chi connectivity index (χ2n) is 8.08. The highest BCUT2D eigenvalue weighted by molar-refractivity contribution is 7.99. The van der Waals surface area contributed by atoms with E-state index in [1.807, 2.05) is 57.2 Å². The molecule has 2 aromatic carbocycles. The van der Waals surface area contributed by atoms with E-state index in [-0.39, 0.29) is 11.8 Å². The molecule has 0 saturated carbocycles. The Morgan fingerprint density at radius 1 is 1.03 bits per heavy atom. The van der Waals surface area contributed by atoms with E-state index >= 15 is 0 Å². The van der Waals surface area contributed by atoms with Crippen molar-refractivity contribution in [2.24, 2.45) is 0 Å². The Labute approximate surface area is 207 Å². The fraction of sp³-hybridized carbons (Fsp3) is 0.320. The van der Waals surface area contributed by atoms with Crippen molar-refractivity contribution in [3.05, 3.63) is 58.1 Å². The zero-order valence-corrected chi connectivity index (χ0v) is 21.4. The lowest BCUT2D eigenvalue weighted by Gasteiger charge is -2.22. The summed E-state index contributed by atoms with van der Waals surface area (Å²) in [4.78, 5) is 33.3. The number of aromatic nitrogens is 1. The summed E-state index contributed by atoms with van der Waals surface area (Å²) in [5.74, 6) is 1.90. The fourth-order valence-corrected chi connectivity index (χ4v) is 5.90. The van der Waals surface area contributed by atoms with Crippen molar-refractivity contribution in [1.29, 1.82) is 0 Å². The van der Waals surface area contributed by atoms with Gasteiger partial charge in [-0.3, -0.25) is 9.59 Å². The maximum atomic E-state index is 13.5. The molecule has 34 heavy (non-hydrogen) atoms. The predicted octanol–water partition coefficient (Wildman–Crippen LogP) is 4.91. The topological polar surface area (TPSA) is 80.8 Å². The van der Waals surface area contributed by atoms with Crippen molar-refractivity contribution in [3.63, 3.8) is 0 Å². The van der Waals surface area contributed by atoms with Crippen LogP contribution in [-0.2, 0) is 4.79 Å². The molecule has 4 rings (SSSR count). The molecule has 0 radical (unpaired) electrons. The molecule has 2 amide bonds. The molecule has 178 valence electrons. The molecule has 7 nitrogen and oxygen atoms in total. The first-order valence-corrected chi connectivity index (χ1v) is 12.8. The minimum Gasteiger partial charge on any atom is -0.493 e. The minimum atomic E-state index is -0.537. The number of thioether (sulfide) groups is 1. The molecular formula is C25H27N3O4S2. The molecule has 2 heterocycles. The Kier molecular flexibility index (Phi) is 7.13. The third-order valence-corrected chi connectivity index (χ3v) is 8.05. The molecule has 3 aromatic rings. The monoisotopic (exact) mass is 497 g/mol. The van der Waals surface area contributed by atoms with Crippen LogP contribution in [0.1, 0.15) is 26.5 Å². The maximum absolute atomic E-state index is 13.5. The van der Waals surface area contributed by atoms with E-state index in [0.29, 0.717) is 38.7 Å². The van der Waals surface area contributed by atoms with Crippen LogP contribution in [0, 0.1) is 20.8 Å². The largest absolute Gasteiger partial charge is 0.493 e. The van der Waals surface area contributed by atoms with Crippen LogP contribution in [0.25, 0.3) is 10.6 Å².